The topological polar surface area (TPSA) is 47.9 Å². The quantitative estimate of drug-likeness (QED) is 0.650. The normalized spacial score (nSPS) is 43.0. The van der Waals surface area contributed by atoms with Crippen LogP contribution in [0.2, 0.25) is 0 Å². The van der Waals surface area contributed by atoms with Crippen molar-refractivity contribution < 1.29 is 19.3 Å². The van der Waals surface area contributed by atoms with Crippen molar-refractivity contribution in [1.29, 1.82) is 0 Å². The molecule has 4 nitrogen and oxygen atoms in total. The Bertz CT molecular complexity index is 139. The summed E-state index contributed by atoms with van der Waals surface area (Å²) in [6.07, 6.45) is -0.638. The summed E-state index contributed by atoms with van der Waals surface area (Å²) in [6.45, 7) is 1.81. The second-order valence-corrected chi connectivity index (χ2v) is 3.01. The molecule has 0 radical (unpaired) electrons. The SMILES string of the molecule is CO[C@@H]1C[C@@H](OC)[C@H](O)[C@H](C)O1. The van der Waals surface area contributed by atoms with E-state index in [4.69, 9.17) is 14.2 Å². The molecule has 72 valence electrons. The molecule has 0 unspecified atom stereocenters. The molecule has 0 amide bonds. The van der Waals surface area contributed by atoms with Gasteiger partial charge in [-0.1, -0.05) is 0 Å². The Labute approximate surface area is 72.4 Å². The van der Waals surface area contributed by atoms with Crippen molar-refractivity contribution in [2.24, 2.45) is 0 Å². The lowest BCUT2D eigenvalue weighted by molar-refractivity contribution is -0.241. The maximum absolute atomic E-state index is 9.55. The first-order valence-corrected chi connectivity index (χ1v) is 4.08. The molecular weight excluding hydrogens is 160 g/mol. The number of hydrogen-bond donors (Lipinski definition) is 1. The minimum atomic E-state index is -0.554. The van der Waals surface area contributed by atoms with Crippen molar-refractivity contribution in [3.63, 3.8) is 0 Å². The molecule has 1 saturated heterocycles. The predicted molar refractivity (Wildman–Crippen MR) is 42.8 cm³/mol. The molecule has 0 aromatic heterocycles. The second-order valence-electron chi connectivity index (χ2n) is 3.01. The van der Waals surface area contributed by atoms with Crippen molar-refractivity contribution in [3.8, 4) is 0 Å². The maximum atomic E-state index is 9.55. The van der Waals surface area contributed by atoms with Crippen LogP contribution in [0.4, 0.5) is 0 Å². The van der Waals surface area contributed by atoms with Gasteiger partial charge in [-0.3, -0.25) is 0 Å². The zero-order valence-electron chi connectivity index (χ0n) is 7.69. The fraction of sp³-hybridized carbons (Fsp3) is 1.00. The summed E-state index contributed by atoms with van der Waals surface area (Å²) in [6, 6.07) is 0. The average Bonchev–Trinajstić information content (AvgIpc) is 2.09. The molecule has 1 rings (SSSR count). The van der Waals surface area contributed by atoms with Crippen molar-refractivity contribution in [1.82, 2.24) is 0 Å². The van der Waals surface area contributed by atoms with Gasteiger partial charge in [0.15, 0.2) is 6.29 Å². The van der Waals surface area contributed by atoms with Gasteiger partial charge in [0, 0.05) is 20.6 Å². The average molecular weight is 176 g/mol. The first-order chi connectivity index (χ1) is 5.69. The minimum Gasteiger partial charge on any atom is -0.388 e. The first kappa shape index (κ1) is 9.92. The lowest BCUT2D eigenvalue weighted by atomic mass is 10.0. The van der Waals surface area contributed by atoms with Crippen LogP contribution in [0, 0.1) is 0 Å². The monoisotopic (exact) mass is 176 g/mol. The number of hydrogen-bond acceptors (Lipinski definition) is 4. The van der Waals surface area contributed by atoms with Crippen LogP contribution in [0.5, 0.6) is 0 Å². The van der Waals surface area contributed by atoms with E-state index in [0.29, 0.717) is 6.42 Å². The van der Waals surface area contributed by atoms with Gasteiger partial charge in [0.2, 0.25) is 0 Å². The van der Waals surface area contributed by atoms with Crippen LogP contribution in [0.3, 0.4) is 0 Å². The Morgan fingerprint density at radius 3 is 2.50 bits per heavy atom. The lowest BCUT2D eigenvalue weighted by Gasteiger charge is -2.36. The van der Waals surface area contributed by atoms with E-state index in [1.807, 2.05) is 6.92 Å². The summed E-state index contributed by atoms with van der Waals surface area (Å²) in [7, 11) is 3.17. The van der Waals surface area contributed by atoms with Crippen LogP contribution in [0.15, 0.2) is 0 Å². The summed E-state index contributed by atoms with van der Waals surface area (Å²) in [5, 5.41) is 9.55. The smallest absolute Gasteiger partial charge is 0.160 e. The first-order valence-electron chi connectivity index (χ1n) is 4.08. The fourth-order valence-corrected chi connectivity index (χ4v) is 1.39. The zero-order chi connectivity index (χ0) is 9.14. The standard InChI is InChI=1S/C8H16O4/c1-5-8(9)6(10-2)4-7(11-3)12-5/h5-9H,4H2,1-3H3/t5-,6+,7-,8+/m0/s1. The molecule has 1 aliphatic rings. The largest absolute Gasteiger partial charge is 0.388 e. The van der Waals surface area contributed by atoms with Gasteiger partial charge in [-0.25, -0.2) is 0 Å². The summed E-state index contributed by atoms with van der Waals surface area (Å²) in [5.41, 5.74) is 0. The fourth-order valence-electron chi connectivity index (χ4n) is 1.39. The molecule has 0 aromatic rings. The highest BCUT2D eigenvalue weighted by Crippen LogP contribution is 2.22. The maximum Gasteiger partial charge on any atom is 0.160 e. The van der Waals surface area contributed by atoms with Gasteiger partial charge < -0.3 is 19.3 Å². The number of methoxy groups -OCH3 is 2. The number of ether oxygens (including phenoxy) is 3. The van der Waals surface area contributed by atoms with Gasteiger partial charge in [0.1, 0.15) is 6.10 Å². The van der Waals surface area contributed by atoms with Crippen molar-refractivity contribution >= 4 is 0 Å². The molecule has 0 aromatic carbocycles. The highest BCUT2D eigenvalue weighted by molar-refractivity contribution is 4.80. The van der Waals surface area contributed by atoms with Crippen LogP contribution in [0.1, 0.15) is 13.3 Å². The molecular formula is C8H16O4. The molecule has 0 spiro atoms. The molecule has 1 heterocycles. The second kappa shape index (κ2) is 4.18. The van der Waals surface area contributed by atoms with Crippen molar-refractivity contribution in [2.75, 3.05) is 14.2 Å². The molecule has 1 fully saturated rings. The Morgan fingerprint density at radius 2 is 2.00 bits per heavy atom. The third-order valence-corrected chi connectivity index (χ3v) is 2.22. The predicted octanol–water partition coefficient (Wildman–Crippen LogP) is 0.144. The summed E-state index contributed by atoms with van der Waals surface area (Å²) in [5.74, 6) is 0. The Hall–Kier alpha value is -0.160. The van der Waals surface area contributed by atoms with Crippen LogP contribution in [-0.4, -0.2) is 43.9 Å². The third-order valence-electron chi connectivity index (χ3n) is 2.22. The van der Waals surface area contributed by atoms with Crippen LogP contribution >= 0.6 is 0 Å². The minimum absolute atomic E-state index is 0.182. The Balaban J connectivity index is 2.52. The molecule has 0 saturated carbocycles. The number of aliphatic hydroxyl groups is 1. The van der Waals surface area contributed by atoms with E-state index in [-0.39, 0.29) is 18.5 Å². The number of rotatable bonds is 2. The van der Waals surface area contributed by atoms with Gasteiger partial charge in [0.25, 0.3) is 0 Å². The third kappa shape index (κ3) is 1.95. The van der Waals surface area contributed by atoms with E-state index in [1.54, 1.807) is 14.2 Å². The molecule has 0 aliphatic carbocycles. The highest BCUT2D eigenvalue weighted by atomic mass is 16.7. The van der Waals surface area contributed by atoms with Gasteiger partial charge in [-0.2, -0.15) is 0 Å². The molecule has 1 N–H and O–H groups in total. The van der Waals surface area contributed by atoms with Gasteiger partial charge in [-0.15, -0.1) is 0 Å². The van der Waals surface area contributed by atoms with E-state index in [0.717, 1.165) is 0 Å². The zero-order valence-corrected chi connectivity index (χ0v) is 7.69. The van der Waals surface area contributed by atoms with E-state index in [1.165, 1.54) is 0 Å². The van der Waals surface area contributed by atoms with Crippen LogP contribution in [0.25, 0.3) is 0 Å². The Morgan fingerprint density at radius 1 is 1.33 bits per heavy atom. The molecule has 12 heavy (non-hydrogen) atoms. The van der Waals surface area contributed by atoms with E-state index in [2.05, 4.69) is 0 Å². The van der Waals surface area contributed by atoms with Crippen molar-refractivity contribution in [3.05, 3.63) is 0 Å². The number of aliphatic hydroxyl groups excluding tert-OH is 1. The van der Waals surface area contributed by atoms with Crippen LogP contribution in [-0.2, 0) is 14.2 Å². The highest BCUT2D eigenvalue weighted by Gasteiger charge is 2.35. The van der Waals surface area contributed by atoms with Crippen molar-refractivity contribution in [2.45, 2.75) is 37.9 Å². The van der Waals surface area contributed by atoms with E-state index >= 15 is 0 Å². The summed E-state index contributed by atoms with van der Waals surface area (Å²) < 4.78 is 15.5. The summed E-state index contributed by atoms with van der Waals surface area (Å²) >= 11 is 0. The molecule has 4 heteroatoms. The Kier molecular flexibility index (Phi) is 3.46. The molecule has 4 atom stereocenters. The van der Waals surface area contributed by atoms with E-state index in [9.17, 15) is 5.11 Å². The van der Waals surface area contributed by atoms with Gasteiger partial charge in [-0.05, 0) is 6.92 Å². The van der Waals surface area contributed by atoms with Gasteiger partial charge in [0.05, 0.1) is 12.2 Å². The molecule has 1 aliphatic heterocycles. The molecule has 0 bridgehead atoms. The van der Waals surface area contributed by atoms with Gasteiger partial charge >= 0.3 is 0 Å². The van der Waals surface area contributed by atoms with E-state index < -0.39 is 6.10 Å². The lowest BCUT2D eigenvalue weighted by Crippen LogP contribution is -2.48. The van der Waals surface area contributed by atoms with Crippen LogP contribution < -0.4 is 0 Å². The summed E-state index contributed by atoms with van der Waals surface area (Å²) in [4.78, 5) is 0.